The number of rotatable bonds is 5. The third kappa shape index (κ3) is 4.17. The van der Waals surface area contributed by atoms with E-state index >= 15 is 0 Å². The number of hydrogen-bond acceptors (Lipinski definition) is 5. The van der Waals surface area contributed by atoms with Gasteiger partial charge in [0.2, 0.25) is 5.91 Å². The van der Waals surface area contributed by atoms with Crippen molar-refractivity contribution >= 4 is 23.4 Å². The number of amides is 1. The number of nitrogens with zero attached hydrogens (tertiary/aromatic N) is 2. The zero-order chi connectivity index (χ0) is 16.1. The number of aromatic nitrogens is 3. The van der Waals surface area contributed by atoms with Gasteiger partial charge in [-0.15, -0.1) is 10.2 Å². The number of thioether (sulfide) groups is 1. The van der Waals surface area contributed by atoms with E-state index in [1.54, 1.807) is 13.8 Å². The highest BCUT2D eigenvalue weighted by Crippen LogP contribution is 2.19. The summed E-state index contributed by atoms with van der Waals surface area (Å²) < 4.78 is 0. The second kappa shape index (κ2) is 7.22. The number of anilines is 1. The van der Waals surface area contributed by atoms with Crippen LogP contribution < -0.4 is 10.9 Å². The van der Waals surface area contributed by atoms with Crippen molar-refractivity contribution in [2.75, 3.05) is 5.32 Å². The lowest BCUT2D eigenvalue weighted by Gasteiger charge is -2.11. The van der Waals surface area contributed by atoms with Crippen LogP contribution in [0.15, 0.2) is 34.2 Å². The van der Waals surface area contributed by atoms with Crippen molar-refractivity contribution in [3.05, 3.63) is 45.9 Å². The Morgan fingerprint density at radius 2 is 2.00 bits per heavy atom. The van der Waals surface area contributed by atoms with Crippen LogP contribution in [0.2, 0.25) is 0 Å². The van der Waals surface area contributed by atoms with E-state index in [0.717, 1.165) is 23.9 Å². The van der Waals surface area contributed by atoms with Gasteiger partial charge in [-0.1, -0.05) is 30.8 Å². The molecule has 0 spiro atoms. The lowest BCUT2D eigenvalue weighted by Crippen LogP contribution is -2.23. The third-order valence-corrected chi connectivity index (χ3v) is 4.10. The van der Waals surface area contributed by atoms with Crippen LogP contribution in [0.3, 0.4) is 0 Å². The van der Waals surface area contributed by atoms with Crippen LogP contribution in [0.1, 0.15) is 25.1 Å². The van der Waals surface area contributed by atoms with Crippen molar-refractivity contribution in [1.82, 2.24) is 15.2 Å². The molecule has 1 amide bonds. The molecule has 0 bridgehead atoms. The monoisotopic (exact) mass is 318 g/mol. The summed E-state index contributed by atoms with van der Waals surface area (Å²) in [6.07, 6.45) is 0.958. The number of aryl methyl sites for hydroxylation is 2. The van der Waals surface area contributed by atoms with E-state index in [-0.39, 0.29) is 11.5 Å². The number of H-pyrrole nitrogens is 1. The second-order valence-electron chi connectivity index (χ2n) is 4.84. The Kier molecular flexibility index (Phi) is 5.32. The summed E-state index contributed by atoms with van der Waals surface area (Å²) in [7, 11) is 0. The molecule has 0 fully saturated rings. The molecule has 22 heavy (non-hydrogen) atoms. The molecule has 1 heterocycles. The van der Waals surface area contributed by atoms with E-state index in [1.165, 1.54) is 5.56 Å². The lowest BCUT2D eigenvalue weighted by atomic mass is 10.1. The summed E-state index contributed by atoms with van der Waals surface area (Å²) in [4.78, 5) is 26.2. The van der Waals surface area contributed by atoms with Crippen molar-refractivity contribution in [3.63, 3.8) is 0 Å². The summed E-state index contributed by atoms with van der Waals surface area (Å²) in [6.45, 7) is 5.41. The maximum absolute atomic E-state index is 12.2. The number of nitrogens with one attached hydrogen (secondary N) is 2. The van der Waals surface area contributed by atoms with E-state index in [2.05, 4.69) is 27.4 Å². The Morgan fingerprint density at radius 1 is 1.32 bits per heavy atom. The molecule has 6 nitrogen and oxygen atoms in total. The van der Waals surface area contributed by atoms with Crippen molar-refractivity contribution in [1.29, 1.82) is 0 Å². The Bertz CT molecular complexity index is 712. The summed E-state index contributed by atoms with van der Waals surface area (Å²) in [5.41, 5.74) is 1.98. The van der Waals surface area contributed by atoms with Gasteiger partial charge >= 0.3 is 0 Å². The van der Waals surface area contributed by atoms with Crippen LogP contribution >= 0.6 is 11.8 Å². The van der Waals surface area contributed by atoms with E-state index < -0.39 is 5.25 Å². The molecule has 0 radical (unpaired) electrons. The fourth-order valence-electron chi connectivity index (χ4n) is 1.72. The number of aromatic amines is 1. The molecule has 7 heteroatoms. The lowest BCUT2D eigenvalue weighted by molar-refractivity contribution is -0.115. The fourth-order valence-corrected chi connectivity index (χ4v) is 2.46. The fraction of sp³-hybridized carbons (Fsp3) is 0.333. The molecule has 1 aromatic carbocycles. The van der Waals surface area contributed by atoms with Crippen molar-refractivity contribution in [2.24, 2.45) is 0 Å². The molecule has 1 atom stereocenters. The normalized spacial score (nSPS) is 12.0. The zero-order valence-corrected chi connectivity index (χ0v) is 13.5. The largest absolute Gasteiger partial charge is 0.325 e. The van der Waals surface area contributed by atoms with Crippen LogP contribution in [0.4, 0.5) is 5.69 Å². The summed E-state index contributed by atoms with van der Waals surface area (Å²) in [5, 5.41) is 10.4. The summed E-state index contributed by atoms with van der Waals surface area (Å²) in [6, 6.07) is 7.72. The molecule has 2 rings (SSSR count). The molecule has 0 saturated heterocycles. The first-order chi connectivity index (χ1) is 10.5. The Morgan fingerprint density at radius 3 is 2.59 bits per heavy atom. The summed E-state index contributed by atoms with van der Waals surface area (Å²) in [5.74, 6) is -0.155. The predicted octanol–water partition coefficient (Wildman–Crippen LogP) is 2.16. The average Bonchev–Trinajstić information content (AvgIpc) is 2.51. The number of carbonyl (C=O) groups is 1. The first-order valence-corrected chi connectivity index (χ1v) is 7.87. The van der Waals surface area contributed by atoms with Gasteiger partial charge in [0.25, 0.3) is 5.56 Å². The predicted molar refractivity (Wildman–Crippen MR) is 87.2 cm³/mol. The molecule has 2 N–H and O–H groups in total. The molecule has 0 aliphatic rings. The zero-order valence-electron chi connectivity index (χ0n) is 12.7. The Balaban J connectivity index is 1.98. The quantitative estimate of drug-likeness (QED) is 0.825. The molecule has 0 saturated carbocycles. The van der Waals surface area contributed by atoms with Gasteiger partial charge in [0.15, 0.2) is 5.16 Å². The smallest absolute Gasteiger partial charge is 0.273 e. The molecule has 1 aromatic heterocycles. The van der Waals surface area contributed by atoms with Gasteiger partial charge in [-0.3, -0.25) is 14.6 Å². The van der Waals surface area contributed by atoms with Gasteiger partial charge in [-0.25, -0.2) is 0 Å². The molecule has 0 unspecified atom stereocenters. The number of benzene rings is 1. The third-order valence-electron chi connectivity index (χ3n) is 3.13. The highest BCUT2D eigenvalue weighted by Gasteiger charge is 2.16. The molecular weight excluding hydrogens is 300 g/mol. The molecule has 116 valence electrons. The standard InChI is InChI=1S/C15H18N4O2S/c1-4-11-5-7-12(8-6-11)16-14(21)10(3)22-15-17-13(20)9(2)18-19-15/h5-8,10H,4H2,1-3H3,(H,16,21)(H,17,19,20)/t10-/m0/s1. The van der Waals surface area contributed by atoms with Crippen LogP contribution in [0.25, 0.3) is 0 Å². The maximum atomic E-state index is 12.2. The van der Waals surface area contributed by atoms with Gasteiger partial charge in [0.1, 0.15) is 5.69 Å². The Hall–Kier alpha value is -2.15. The van der Waals surface area contributed by atoms with Gasteiger partial charge in [0, 0.05) is 5.69 Å². The van der Waals surface area contributed by atoms with Crippen molar-refractivity contribution in [3.8, 4) is 0 Å². The SMILES string of the molecule is CCc1ccc(NC(=O)[C@H](C)Sc2nnc(C)c(=O)[nH]2)cc1. The van der Waals surface area contributed by atoms with E-state index in [9.17, 15) is 9.59 Å². The van der Waals surface area contributed by atoms with Crippen molar-refractivity contribution < 1.29 is 4.79 Å². The van der Waals surface area contributed by atoms with Crippen LogP contribution in [-0.2, 0) is 11.2 Å². The van der Waals surface area contributed by atoms with Gasteiger partial charge in [0.05, 0.1) is 5.25 Å². The molecular formula is C15H18N4O2S. The molecule has 0 aliphatic carbocycles. The maximum Gasteiger partial charge on any atom is 0.273 e. The van der Waals surface area contributed by atoms with Crippen molar-refractivity contribution in [2.45, 2.75) is 37.6 Å². The van der Waals surface area contributed by atoms with Gasteiger partial charge in [-0.2, -0.15) is 0 Å². The molecule has 0 aliphatic heterocycles. The van der Waals surface area contributed by atoms with Gasteiger partial charge in [-0.05, 0) is 38.0 Å². The second-order valence-corrected chi connectivity index (χ2v) is 6.17. The first-order valence-electron chi connectivity index (χ1n) is 6.99. The topological polar surface area (TPSA) is 87.7 Å². The minimum Gasteiger partial charge on any atom is -0.325 e. The van der Waals surface area contributed by atoms with E-state index in [1.807, 2.05) is 24.3 Å². The van der Waals surface area contributed by atoms with Crippen LogP contribution in [-0.4, -0.2) is 26.3 Å². The number of carbonyl (C=O) groups excluding carboxylic acids is 1. The minimum atomic E-state index is -0.404. The minimum absolute atomic E-state index is 0.155. The summed E-state index contributed by atoms with van der Waals surface area (Å²) >= 11 is 1.16. The highest BCUT2D eigenvalue weighted by atomic mass is 32.2. The first kappa shape index (κ1) is 16.2. The number of hydrogen-bond donors (Lipinski definition) is 2. The molecule has 2 aromatic rings. The van der Waals surface area contributed by atoms with Crippen LogP contribution in [0.5, 0.6) is 0 Å². The van der Waals surface area contributed by atoms with Gasteiger partial charge < -0.3 is 5.32 Å². The Labute approximate surface area is 132 Å². The highest BCUT2D eigenvalue weighted by molar-refractivity contribution is 8.00. The van der Waals surface area contributed by atoms with Crippen LogP contribution in [0, 0.1) is 6.92 Å². The van der Waals surface area contributed by atoms with E-state index in [0.29, 0.717) is 10.9 Å². The van der Waals surface area contributed by atoms with E-state index in [4.69, 9.17) is 0 Å². The average molecular weight is 318 g/mol.